The lowest BCUT2D eigenvalue weighted by molar-refractivity contribution is 0.0730. The Kier molecular flexibility index (Phi) is 3.10. The third-order valence-electron chi connectivity index (χ3n) is 2.45. The Hall–Kier alpha value is -2.05. The zero-order valence-corrected chi connectivity index (χ0v) is 11.0. The first-order valence-corrected chi connectivity index (χ1v) is 6.49. The molecule has 3 rings (SSSR count). The summed E-state index contributed by atoms with van der Waals surface area (Å²) in [5, 5.41) is 6.46. The van der Waals surface area contributed by atoms with Crippen molar-refractivity contribution in [3.05, 3.63) is 46.6 Å². The molecule has 0 aliphatic rings. The van der Waals surface area contributed by atoms with E-state index in [1.165, 1.54) is 5.38 Å². The van der Waals surface area contributed by atoms with E-state index in [1.807, 2.05) is 6.07 Å². The van der Waals surface area contributed by atoms with Crippen molar-refractivity contribution in [2.24, 2.45) is 0 Å². The predicted octanol–water partition coefficient (Wildman–Crippen LogP) is 2.96. The van der Waals surface area contributed by atoms with Gasteiger partial charge in [-0.15, -0.1) is 5.10 Å². The van der Waals surface area contributed by atoms with Crippen molar-refractivity contribution in [2.45, 2.75) is 0 Å². The molecule has 0 aliphatic carbocycles. The lowest BCUT2D eigenvalue weighted by atomic mass is 10.2. The fourth-order valence-corrected chi connectivity index (χ4v) is 2.24. The summed E-state index contributed by atoms with van der Waals surface area (Å²) in [5.74, 6) is -0.221. The molecule has 94 valence electrons. The topological polar surface area (TPSA) is 65.0 Å². The van der Waals surface area contributed by atoms with Gasteiger partial charge in [-0.3, -0.25) is 4.98 Å². The molecule has 0 bridgehead atoms. The van der Waals surface area contributed by atoms with Gasteiger partial charge in [-0.25, -0.2) is 4.79 Å². The number of hydrogen-bond acceptors (Lipinski definition) is 6. The second-order valence-electron chi connectivity index (χ2n) is 3.62. The molecule has 19 heavy (non-hydrogen) atoms. The van der Waals surface area contributed by atoms with Crippen LogP contribution >= 0.6 is 23.1 Å². The van der Waals surface area contributed by atoms with Crippen LogP contribution in [-0.4, -0.2) is 20.5 Å². The van der Waals surface area contributed by atoms with Crippen molar-refractivity contribution >= 4 is 40.0 Å². The second kappa shape index (κ2) is 4.91. The minimum absolute atomic E-state index is 0.170. The van der Waals surface area contributed by atoms with Crippen LogP contribution in [0.2, 0.25) is 5.02 Å². The molecule has 0 saturated carbocycles. The lowest BCUT2D eigenvalue weighted by Crippen LogP contribution is -2.09. The van der Waals surface area contributed by atoms with Crippen molar-refractivity contribution in [3.63, 3.8) is 0 Å². The molecule has 0 saturated heterocycles. The van der Waals surface area contributed by atoms with Crippen LogP contribution in [0.25, 0.3) is 10.9 Å². The summed E-state index contributed by atoms with van der Waals surface area (Å²) < 4.78 is 8.89. The Balaban J connectivity index is 2.02. The maximum atomic E-state index is 11.8. The summed E-state index contributed by atoms with van der Waals surface area (Å²) in [6.07, 6.45) is 1.61. The monoisotopic (exact) mass is 291 g/mol. The number of carbonyl (C=O) groups is 1. The van der Waals surface area contributed by atoms with E-state index in [-0.39, 0.29) is 5.69 Å². The van der Waals surface area contributed by atoms with Crippen molar-refractivity contribution in [1.82, 2.24) is 14.6 Å². The van der Waals surface area contributed by atoms with Gasteiger partial charge in [0.05, 0.1) is 5.02 Å². The van der Waals surface area contributed by atoms with Gasteiger partial charge in [0.25, 0.3) is 0 Å². The number of rotatable bonds is 2. The lowest BCUT2D eigenvalue weighted by Gasteiger charge is -2.06. The zero-order chi connectivity index (χ0) is 13.2. The van der Waals surface area contributed by atoms with E-state index in [0.717, 1.165) is 16.9 Å². The first-order valence-electron chi connectivity index (χ1n) is 5.28. The van der Waals surface area contributed by atoms with Gasteiger partial charge in [0.2, 0.25) is 0 Å². The van der Waals surface area contributed by atoms with Crippen LogP contribution in [0.4, 0.5) is 0 Å². The molecule has 0 aliphatic heterocycles. The van der Waals surface area contributed by atoms with E-state index in [4.69, 9.17) is 16.3 Å². The van der Waals surface area contributed by atoms with Crippen molar-refractivity contribution < 1.29 is 9.53 Å². The fraction of sp³-hybridized carbons (Fsp3) is 0. The average Bonchev–Trinajstić information content (AvgIpc) is 2.96. The van der Waals surface area contributed by atoms with E-state index >= 15 is 0 Å². The number of halogens is 1. The van der Waals surface area contributed by atoms with Gasteiger partial charge >= 0.3 is 5.97 Å². The molecule has 7 heteroatoms. The van der Waals surface area contributed by atoms with E-state index in [1.54, 1.807) is 24.4 Å². The number of nitrogens with zero attached hydrogens (tertiary/aromatic N) is 3. The molecule has 0 spiro atoms. The number of benzene rings is 1. The van der Waals surface area contributed by atoms with Crippen molar-refractivity contribution in [2.75, 3.05) is 0 Å². The van der Waals surface area contributed by atoms with E-state index in [0.29, 0.717) is 16.3 Å². The number of ether oxygens (including phenoxy) is 1. The Labute approximate surface area is 117 Å². The largest absolute Gasteiger partial charge is 0.419 e. The van der Waals surface area contributed by atoms with Gasteiger partial charge < -0.3 is 4.74 Å². The van der Waals surface area contributed by atoms with Crippen LogP contribution in [0.1, 0.15) is 10.5 Å². The Bertz CT molecular complexity index is 746. The smallest absolute Gasteiger partial charge is 0.365 e. The molecule has 1 aromatic carbocycles. The quantitative estimate of drug-likeness (QED) is 0.536. The van der Waals surface area contributed by atoms with Gasteiger partial charge in [0.1, 0.15) is 5.52 Å². The van der Waals surface area contributed by atoms with Crippen LogP contribution in [0, 0.1) is 0 Å². The summed E-state index contributed by atoms with van der Waals surface area (Å²) in [5.41, 5.74) is 0.704. The SMILES string of the molecule is O=C(Oc1ccc(Cl)c2cccnc12)c1csnn1. The molecule has 5 nitrogen and oxygen atoms in total. The average molecular weight is 292 g/mol. The van der Waals surface area contributed by atoms with E-state index in [9.17, 15) is 4.79 Å². The first kappa shape index (κ1) is 12.0. The second-order valence-corrected chi connectivity index (χ2v) is 4.64. The molecule has 0 fully saturated rings. The minimum atomic E-state index is -0.567. The third-order valence-corrected chi connectivity index (χ3v) is 3.29. The van der Waals surface area contributed by atoms with Gasteiger partial charge in [-0.1, -0.05) is 16.1 Å². The number of hydrogen-bond donors (Lipinski definition) is 0. The Morgan fingerprint density at radius 1 is 1.32 bits per heavy atom. The van der Waals surface area contributed by atoms with Gasteiger partial charge in [-0.05, 0) is 35.8 Å². The molecule has 3 aromatic rings. The van der Waals surface area contributed by atoms with Gasteiger partial charge in [0, 0.05) is 17.0 Å². The maximum Gasteiger partial charge on any atom is 0.365 e. The first-order chi connectivity index (χ1) is 9.25. The Morgan fingerprint density at radius 2 is 2.21 bits per heavy atom. The summed E-state index contributed by atoms with van der Waals surface area (Å²) in [4.78, 5) is 16.0. The highest BCUT2D eigenvalue weighted by atomic mass is 35.5. The minimum Gasteiger partial charge on any atom is -0.419 e. The van der Waals surface area contributed by atoms with Crippen LogP contribution < -0.4 is 4.74 Å². The van der Waals surface area contributed by atoms with Crippen molar-refractivity contribution in [1.29, 1.82) is 0 Å². The normalized spacial score (nSPS) is 10.6. The van der Waals surface area contributed by atoms with Crippen LogP contribution in [0.5, 0.6) is 5.75 Å². The third kappa shape index (κ3) is 2.27. The number of pyridine rings is 1. The number of aromatic nitrogens is 3. The van der Waals surface area contributed by atoms with E-state index in [2.05, 4.69) is 14.6 Å². The highest BCUT2D eigenvalue weighted by Crippen LogP contribution is 2.29. The maximum absolute atomic E-state index is 11.8. The summed E-state index contributed by atoms with van der Waals surface area (Å²) >= 11 is 7.15. The van der Waals surface area contributed by atoms with Crippen molar-refractivity contribution in [3.8, 4) is 5.75 Å². The molecule has 0 unspecified atom stereocenters. The van der Waals surface area contributed by atoms with Gasteiger partial charge in [-0.2, -0.15) is 0 Å². The van der Waals surface area contributed by atoms with Crippen LogP contribution in [0.15, 0.2) is 35.8 Å². The van der Waals surface area contributed by atoms with Gasteiger partial charge in [0.15, 0.2) is 11.4 Å². The highest BCUT2D eigenvalue weighted by Gasteiger charge is 2.14. The summed E-state index contributed by atoms with van der Waals surface area (Å²) in [6.45, 7) is 0. The molecule has 0 N–H and O–H groups in total. The highest BCUT2D eigenvalue weighted by molar-refractivity contribution is 7.03. The number of fused-ring (bicyclic) bond motifs is 1. The number of esters is 1. The molecule has 0 radical (unpaired) electrons. The molecular weight excluding hydrogens is 286 g/mol. The zero-order valence-electron chi connectivity index (χ0n) is 9.41. The number of carbonyl (C=O) groups excluding carboxylic acids is 1. The predicted molar refractivity (Wildman–Crippen MR) is 71.6 cm³/mol. The molecule has 0 amide bonds. The Morgan fingerprint density at radius 3 is 3.00 bits per heavy atom. The van der Waals surface area contributed by atoms with Crippen LogP contribution in [0.3, 0.4) is 0 Å². The van der Waals surface area contributed by atoms with Crippen LogP contribution in [-0.2, 0) is 0 Å². The molecule has 0 atom stereocenters. The molecular formula is C12H6ClN3O2S. The summed E-state index contributed by atoms with van der Waals surface area (Å²) in [6, 6.07) is 6.85. The summed E-state index contributed by atoms with van der Waals surface area (Å²) in [7, 11) is 0. The molecule has 2 heterocycles. The molecule has 2 aromatic heterocycles. The van der Waals surface area contributed by atoms with E-state index < -0.39 is 5.97 Å². The standard InChI is InChI=1S/C12H6ClN3O2S/c13-8-3-4-10(11-7(8)2-1-5-14-11)18-12(17)9-6-19-16-15-9/h1-6H. The fourth-order valence-electron chi connectivity index (χ4n) is 1.60.